The molecule has 0 saturated carbocycles. The monoisotopic (exact) mass is 204 g/mol. The van der Waals surface area contributed by atoms with Gasteiger partial charge in [-0.25, -0.2) is 0 Å². The van der Waals surface area contributed by atoms with Crippen molar-refractivity contribution in [3.05, 3.63) is 0 Å². The number of carbonyl (C=O) groups excluding carboxylic acids is 2. The first-order chi connectivity index (χ1) is 6.20. The first-order valence-electron chi connectivity index (χ1n) is 4.24. The van der Waals surface area contributed by atoms with E-state index in [0.29, 0.717) is 19.4 Å². The molecule has 0 aliphatic carbocycles. The molecule has 0 saturated heterocycles. The summed E-state index contributed by atoms with van der Waals surface area (Å²) in [6, 6.07) is 0. The van der Waals surface area contributed by atoms with Crippen molar-refractivity contribution in [2.75, 3.05) is 19.5 Å². The van der Waals surface area contributed by atoms with Crippen LogP contribution in [0.4, 0.5) is 0 Å². The number of thioether (sulfide) groups is 1. The smallest absolute Gasteiger partial charge is 0.130 e. The summed E-state index contributed by atoms with van der Waals surface area (Å²) in [5.41, 5.74) is 0. The molecule has 0 amide bonds. The summed E-state index contributed by atoms with van der Waals surface area (Å²) in [5, 5.41) is 0.196. The largest absolute Gasteiger partial charge is 0.384 e. The lowest BCUT2D eigenvalue weighted by atomic mass is 10.3. The number of hydrogen-bond donors (Lipinski definition) is 0. The third-order valence-electron chi connectivity index (χ3n) is 1.52. The van der Waals surface area contributed by atoms with Crippen molar-refractivity contribution in [1.29, 1.82) is 0 Å². The summed E-state index contributed by atoms with van der Waals surface area (Å²) < 4.78 is 4.95. The van der Waals surface area contributed by atoms with E-state index >= 15 is 0 Å². The topological polar surface area (TPSA) is 43.4 Å². The molecule has 0 aromatic carbocycles. The van der Waals surface area contributed by atoms with Gasteiger partial charge in [-0.15, -0.1) is 0 Å². The number of ether oxygens (including phenoxy) is 1. The Morgan fingerprint density at radius 1 is 1.62 bits per heavy atom. The van der Waals surface area contributed by atoms with Crippen LogP contribution < -0.4 is 0 Å². The Morgan fingerprint density at radius 2 is 2.31 bits per heavy atom. The van der Waals surface area contributed by atoms with E-state index in [1.165, 1.54) is 0 Å². The van der Waals surface area contributed by atoms with Crippen LogP contribution in [-0.4, -0.2) is 36.8 Å². The van der Waals surface area contributed by atoms with Gasteiger partial charge in [0.25, 0.3) is 0 Å². The zero-order valence-electron chi connectivity index (χ0n) is 8.12. The number of rotatable bonds is 8. The molecule has 0 aromatic rings. The van der Waals surface area contributed by atoms with E-state index in [1.54, 1.807) is 25.8 Å². The molecule has 76 valence electrons. The predicted octanol–water partition coefficient (Wildman–Crippen LogP) is 1.30. The van der Waals surface area contributed by atoms with Gasteiger partial charge in [-0.05, 0) is 6.92 Å². The molecule has 0 heterocycles. The summed E-state index contributed by atoms with van der Waals surface area (Å²) in [4.78, 5) is 20.9. The summed E-state index contributed by atoms with van der Waals surface area (Å²) >= 11 is 1.62. The predicted molar refractivity (Wildman–Crippen MR) is 54.1 cm³/mol. The van der Waals surface area contributed by atoms with Gasteiger partial charge >= 0.3 is 0 Å². The van der Waals surface area contributed by atoms with E-state index in [9.17, 15) is 9.59 Å². The molecule has 3 nitrogen and oxygen atoms in total. The Hall–Kier alpha value is -0.350. The number of methoxy groups -OCH3 is 1. The zero-order chi connectivity index (χ0) is 10.1. The summed E-state index contributed by atoms with van der Waals surface area (Å²) in [6.07, 6.45) is 1.96. The van der Waals surface area contributed by atoms with Crippen molar-refractivity contribution in [3.8, 4) is 0 Å². The van der Waals surface area contributed by atoms with Crippen LogP contribution in [0.2, 0.25) is 0 Å². The third-order valence-corrected chi connectivity index (χ3v) is 2.76. The highest BCUT2D eigenvalue weighted by Crippen LogP contribution is 2.15. The molecule has 1 atom stereocenters. The van der Waals surface area contributed by atoms with Crippen LogP contribution in [0.1, 0.15) is 19.8 Å². The number of Topliss-reactive ketones (excluding diaryl/α,β-unsaturated/α-hetero) is 1. The molecule has 1 unspecified atom stereocenters. The maximum Gasteiger partial charge on any atom is 0.130 e. The fourth-order valence-electron chi connectivity index (χ4n) is 0.847. The third kappa shape index (κ3) is 7.99. The van der Waals surface area contributed by atoms with Crippen LogP contribution >= 0.6 is 11.8 Å². The Balaban J connectivity index is 3.55. The standard InChI is InChI=1S/C9H16O3S/c1-8(11)4-6-13-9(3-5-10)7-12-2/h5,9H,3-4,6-7H2,1-2H3. The highest BCUT2D eigenvalue weighted by atomic mass is 32.2. The van der Waals surface area contributed by atoms with Crippen molar-refractivity contribution in [2.45, 2.75) is 25.0 Å². The van der Waals surface area contributed by atoms with E-state index in [2.05, 4.69) is 0 Å². The molecule has 4 heteroatoms. The van der Waals surface area contributed by atoms with Crippen LogP contribution in [0.15, 0.2) is 0 Å². The van der Waals surface area contributed by atoms with Crippen molar-refractivity contribution < 1.29 is 14.3 Å². The van der Waals surface area contributed by atoms with Gasteiger partial charge < -0.3 is 9.53 Å². The second-order valence-electron chi connectivity index (χ2n) is 2.80. The molecule has 0 aliphatic rings. The van der Waals surface area contributed by atoms with Gasteiger partial charge in [-0.3, -0.25) is 4.79 Å². The van der Waals surface area contributed by atoms with Gasteiger partial charge in [0.2, 0.25) is 0 Å². The van der Waals surface area contributed by atoms with Crippen molar-refractivity contribution in [1.82, 2.24) is 0 Å². The van der Waals surface area contributed by atoms with Crippen LogP contribution in [-0.2, 0) is 14.3 Å². The molecule has 0 rings (SSSR count). The van der Waals surface area contributed by atoms with Crippen LogP contribution in [0.3, 0.4) is 0 Å². The van der Waals surface area contributed by atoms with Crippen LogP contribution in [0, 0.1) is 0 Å². The minimum atomic E-state index is 0.190. The van der Waals surface area contributed by atoms with Crippen molar-refractivity contribution >= 4 is 23.8 Å². The number of ketones is 1. The molecular formula is C9H16O3S. The van der Waals surface area contributed by atoms with E-state index in [-0.39, 0.29) is 11.0 Å². The minimum absolute atomic E-state index is 0.190. The number of hydrogen-bond acceptors (Lipinski definition) is 4. The molecular weight excluding hydrogens is 188 g/mol. The second-order valence-corrected chi connectivity index (χ2v) is 4.21. The maximum atomic E-state index is 10.6. The molecule has 0 spiro atoms. The van der Waals surface area contributed by atoms with Gasteiger partial charge in [0, 0.05) is 31.0 Å². The highest BCUT2D eigenvalue weighted by Gasteiger charge is 2.08. The van der Waals surface area contributed by atoms with Gasteiger partial charge in [0.05, 0.1) is 6.61 Å². The Labute approximate surface area is 83.2 Å². The minimum Gasteiger partial charge on any atom is -0.384 e. The van der Waals surface area contributed by atoms with Gasteiger partial charge in [-0.1, -0.05) is 0 Å². The molecule has 13 heavy (non-hydrogen) atoms. The van der Waals surface area contributed by atoms with E-state index < -0.39 is 0 Å². The molecule has 0 N–H and O–H groups in total. The normalized spacial score (nSPS) is 12.5. The lowest BCUT2D eigenvalue weighted by Gasteiger charge is -2.11. The molecule has 0 aromatic heterocycles. The Morgan fingerprint density at radius 3 is 2.77 bits per heavy atom. The van der Waals surface area contributed by atoms with E-state index in [0.717, 1.165) is 12.0 Å². The van der Waals surface area contributed by atoms with Gasteiger partial charge in [0.15, 0.2) is 0 Å². The van der Waals surface area contributed by atoms with E-state index in [1.807, 2.05) is 0 Å². The van der Waals surface area contributed by atoms with Crippen molar-refractivity contribution in [2.24, 2.45) is 0 Å². The molecule has 0 bridgehead atoms. The molecule has 0 fully saturated rings. The summed E-state index contributed by atoms with van der Waals surface area (Å²) in [6.45, 7) is 2.15. The molecule has 0 aliphatic heterocycles. The fourth-order valence-corrected chi connectivity index (χ4v) is 2.03. The fraction of sp³-hybridized carbons (Fsp3) is 0.778. The quantitative estimate of drug-likeness (QED) is 0.559. The Bertz CT molecular complexity index is 159. The zero-order valence-corrected chi connectivity index (χ0v) is 8.93. The van der Waals surface area contributed by atoms with Crippen LogP contribution in [0.5, 0.6) is 0 Å². The first-order valence-corrected chi connectivity index (χ1v) is 5.29. The highest BCUT2D eigenvalue weighted by molar-refractivity contribution is 7.99. The van der Waals surface area contributed by atoms with E-state index in [4.69, 9.17) is 4.74 Å². The molecule has 0 radical (unpaired) electrons. The number of aldehydes is 1. The van der Waals surface area contributed by atoms with Gasteiger partial charge in [-0.2, -0.15) is 11.8 Å². The summed E-state index contributed by atoms with van der Waals surface area (Å²) in [5.74, 6) is 0.965. The van der Waals surface area contributed by atoms with Crippen molar-refractivity contribution in [3.63, 3.8) is 0 Å². The van der Waals surface area contributed by atoms with Crippen LogP contribution in [0.25, 0.3) is 0 Å². The SMILES string of the molecule is COCC(CC=O)SCCC(C)=O. The average Bonchev–Trinajstić information content (AvgIpc) is 2.04. The Kier molecular flexibility index (Phi) is 8.04. The maximum absolute atomic E-state index is 10.6. The lowest BCUT2D eigenvalue weighted by Crippen LogP contribution is -2.12. The average molecular weight is 204 g/mol. The number of carbonyl (C=O) groups is 2. The lowest BCUT2D eigenvalue weighted by molar-refractivity contribution is -0.116. The first kappa shape index (κ1) is 12.7. The summed E-state index contributed by atoms with van der Waals surface area (Å²) in [7, 11) is 1.61. The van der Waals surface area contributed by atoms with Gasteiger partial charge in [0.1, 0.15) is 12.1 Å². The second kappa shape index (κ2) is 8.26.